The van der Waals surface area contributed by atoms with E-state index in [2.05, 4.69) is 20.7 Å². The molecular weight excluding hydrogens is 225 g/mol. The lowest BCUT2D eigenvalue weighted by Crippen LogP contribution is -2.37. The summed E-state index contributed by atoms with van der Waals surface area (Å²) in [5.74, 6) is 0. The van der Waals surface area contributed by atoms with Crippen molar-refractivity contribution in [2.24, 2.45) is 0 Å². The Bertz CT molecular complexity index is 130. The van der Waals surface area contributed by atoms with E-state index in [-0.39, 0.29) is 0 Å². The van der Waals surface area contributed by atoms with E-state index in [9.17, 15) is 13.2 Å². The number of alkyl halides is 4. The van der Waals surface area contributed by atoms with Crippen molar-refractivity contribution in [2.75, 3.05) is 0 Å². The molecule has 0 radical (unpaired) electrons. The lowest BCUT2D eigenvalue weighted by Gasteiger charge is -2.26. The SMILES string of the molecule is CC(C)(C)OC(F)(F)C(F)Br. The first-order valence-corrected chi connectivity index (χ1v) is 3.93. The molecule has 0 heterocycles. The number of rotatable bonds is 2. The van der Waals surface area contributed by atoms with Crippen LogP contribution in [0.1, 0.15) is 20.8 Å². The Morgan fingerprint density at radius 1 is 1.27 bits per heavy atom. The summed E-state index contributed by atoms with van der Waals surface area (Å²) < 4.78 is 41.0. The zero-order valence-corrected chi connectivity index (χ0v) is 8.08. The molecule has 0 aliphatic rings. The number of halogens is 4. The van der Waals surface area contributed by atoms with Crippen molar-refractivity contribution < 1.29 is 17.9 Å². The van der Waals surface area contributed by atoms with Gasteiger partial charge in [0.15, 0.2) is 0 Å². The Hall–Kier alpha value is 0.230. The maximum absolute atomic E-state index is 12.4. The largest absolute Gasteiger partial charge is 0.397 e. The van der Waals surface area contributed by atoms with Gasteiger partial charge < -0.3 is 4.74 Å². The molecular formula is C6H10BrF3O. The fourth-order valence-corrected chi connectivity index (χ4v) is 0.546. The first kappa shape index (κ1) is 11.2. The van der Waals surface area contributed by atoms with Gasteiger partial charge >= 0.3 is 6.11 Å². The molecule has 0 bridgehead atoms. The highest BCUT2D eigenvalue weighted by molar-refractivity contribution is 9.09. The highest BCUT2D eigenvalue weighted by atomic mass is 79.9. The molecule has 0 N–H and O–H groups in total. The van der Waals surface area contributed by atoms with E-state index >= 15 is 0 Å². The van der Waals surface area contributed by atoms with Crippen LogP contribution in [0.4, 0.5) is 13.2 Å². The van der Waals surface area contributed by atoms with E-state index in [4.69, 9.17) is 0 Å². The molecule has 1 unspecified atom stereocenters. The van der Waals surface area contributed by atoms with E-state index in [0.29, 0.717) is 0 Å². The van der Waals surface area contributed by atoms with Crippen LogP contribution in [-0.4, -0.2) is 16.8 Å². The Morgan fingerprint density at radius 3 is 1.73 bits per heavy atom. The highest BCUT2D eigenvalue weighted by Gasteiger charge is 2.43. The van der Waals surface area contributed by atoms with Crippen molar-refractivity contribution in [2.45, 2.75) is 37.6 Å². The first-order valence-electron chi connectivity index (χ1n) is 3.01. The summed E-state index contributed by atoms with van der Waals surface area (Å²) >= 11 is 2.11. The van der Waals surface area contributed by atoms with Gasteiger partial charge in [-0.05, 0) is 36.7 Å². The van der Waals surface area contributed by atoms with E-state index in [1.807, 2.05) is 0 Å². The van der Waals surface area contributed by atoms with Crippen LogP contribution in [0.15, 0.2) is 0 Å². The van der Waals surface area contributed by atoms with E-state index in [1.165, 1.54) is 20.8 Å². The third kappa shape index (κ3) is 4.63. The number of hydrogen-bond donors (Lipinski definition) is 0. The van der Waals surface area contributed by atoms with Gasteiger partial charge in [-0.1, -0.05) is 0 Å². The number of hydrogen-bond acceptors (Lipinski definition) is 1. The zero-order valence-electron chi connectivity index (χ0n) is 6.50. The molecule has 0 saturated carbocycles. The van der Waals surface area contributed by atoms with Gasteiger partial charge in [-0.3, -0.25) is 0 Å². The zero-order chi connectivity index (χ0) is 9.28. The van der Waals surface area contributed by atoms with E-state index in [0.717, 1.165) is 0 Å². The van der Waals surface area contributed by atoms with Crippen LogP contribution in [0.2, 0.25) is 0 Å². The van der Waals surface area contributed by atoms with Crippen molar-refractivity contribution in [3.05, 3.63) is 0 Å². The molecule has 0 amide bonds. The van der Waals surface area contributed by atoms with Crippen LogP contribution in [0.5, 0.6) is 0 Å². The average Bonchev–Trinajstić information content (AvgIpc) is 1.56. The molecule has 0 aliphatic carbocycles. The molecule has 0 aromatic carbocycles. The molecule has 0 spiro atoms. The van der Waals surface area contributed by atoms with Gasteiger partial charge in [0.25, 0.3) is 0 Å². The minimum atomic E-state index is -3.77. The molecule has 0 aliphatic heterocycles. The summed E-state index contributed by atoms with van der Waals surface area (Å²) in [6, 6.07) is 0. The Balaban J connectivity index is 4.13. The number of ether oxygens (including phenoxy) is 1. The van der Waals surface area contributed by atoms with E-state index < -0.39 is 16.8 Å². The summed E-state index contributed by atoms with van der Waals surface area (Å²) in [5, 5.41) is -2.46. The Morgan fingerprint density at radius 2 is 1.64 bits per heavy atom. The average molecular weight is 235 g/mol. The molecule has 0 aromatic heterocycles. The molecule has 0 rings (SSSR count). The molecule has 0 fully saturated rings. The molecule has 11 heavy (non-hydrogen) atoms. The summed E-state index contributed by atoms with van der Waals surface area (Å²) in [4.78, 5) is 0. The van der Waals surface area contributed by atoms with Crippen LogP contribution in [0, 0.1) is 0 Å². The fourth-order valence-electron chi connectivity index (χ4n) is 0.453. The van der Waals surface area contributed by atoms with Crippen LogP contribution in [0.3, 0.4) is 0 Å². The standard InChI is InChI=1S/C6H10BrF3O/c1-5(2,3)11-6(9,10)4(7)8/h4H,1-3H3. The first-order chi connectivity index (χ1) is 4.65. The quantitative estimate of drug-likeness (QED) is 0.668. The second kappa shape index (κ2) is 3.31. The maximum Gasteiger partial charge on any atom is 0.397 e. The lowest BCUT2D eigenvalue weighted by molar-refractivity contribution is -0.294. The minimum absolute atomic E-state index is 1.05. The lowest BCUT2D eigenvalue weighted by atomic mass is 10.2. The third-order valence-electron chi connectivity index (χ3n) is 0.696. The van der Waals surface area contributed by atoms with Gasteiger partial charge in [-0.2, -0.15) is 8.78 Å². The molecule has 5 heteroatoms. The highest BCUT2D eigenvalue weighted by Crippen LogP contribution is 2.31. The second-order valence-corrected chi connectivity index (χ2v) is 3.88. The molecule has 68 valence electrons. The maximum atomic E-state index is 12.4. The summed E-state index contributed by atoms with van der Waals surface area (Å²) in [5.41, 5.74) is -1.05. The molecule has 0 saturated heterocycles. The van der Waals surface area contributed by atoms with Crippen molar-refractivity contribution in [3.63, 3.8) is 0 Å². The summed E-state index contributed by atoms with van der Waals surface area (Å²) in [6.07, 6.45) is -3.77. The normalized spacial score (nSPS) is 16.6. The van der Waals surface area contributed by atoms with Crippen LogP contribution in [0.25, 0.3) is 0 Å². The van der Waals surface area contributed by atoms with Crippen molar-refractivity contribution in [1.29, 1.82) is 0 Å². The molecule has 1 nitrogen and oxygen atoms in total. The van der Waals surface area contributed by atoms with Crippen LogP contribution >= 0.6 is 15.9 Å². The van der Waals surface area contributed by atoms with Gasteiger partial charge in [0.1, 0.15) is 0 Å². The van der Waals surface area contributed by atoms with Gasteiger partial charge in [0, 0.05) is 0 Å². The predicted molar refractivity (Wildman–Crippen MR) is 39.6 cm³/mol. The van der Waals surface area contributed by atoms with E-state index in [1.54, 1.807) is 0 Å². The monoisotopic (exact) mass is 234 g/mol. The topological polar surface area (TPSA) is 9.23 Å². The fraction of sp³-hybridized carbons (Fsp3) is 1.00. The third-order valence-corrected chi connectivity index (χ3v) is 1.23. The summed E-state index contributed by atoms with van der Waals surface area (Å²) in [7, 11) is 0. The van der Waals surface area contributed by atoms with Crippen molar-refractivity contribution >= 4 is 15.9 Å². The Labute approximate surface area is 72.0 Å². The predicted octanol–water partition coefficient (Wildman–Crippen LogP) is 3.08. The van der Waals surface area contributed by atoms with Crippen LogP contribution in [-0.2, 0) is 4.74 Å². The molecule has 0 aromatic rings. The van der Waals surface area contributed by atoms with Gasteiger partial charge in [-0.15, -0.1) is 0 Å². The smallest absolute Gasteiger partial charge is 0.312 e. The van der Waals surface area contributed by atoms with Crippen molar-refractivity contribution in [3.8, 4) is 0 Å². The molecule has 1 atom stereocenters. The van der Waals surface area contributed by atoms with Gasteiger partial charge in [-0.25, -0.2) is 4.39 Å². The second-order valence-electron chi connectivity index (χ2n) is 3.08. The summed E-state index contributed by atoms with van der Waals surface area (Å²) in [6.45, 7) is 4.28. The van der Waals surface area contributed by atoms with Gasteiger partial charge in [0.05, 0.1) is 5.60 Å². The van der Waals surface area contributed by atoms with Crippen molar-refractivity contribution in [1.82, 2.24) is 0 Å². The van der Waals surface area contributed by atoms with Crippen LogP contribution < -0.4 is 0 Å². The minimum Gasteiger partial charge on any atom is -0.312 e. The Kier molecular flexibility index (Phi) is 3.38. The van der Waals surface area contributed by atoms with Gasteiger partial charge in [0.2, 0.25) is 5.08 Å².